The van der Waals surface area contributed by atoms with E-state index in [1.54, 1.807) is 35.2 Å². The van der Waals surface area contributed by atoms with Crippen LogP contribution in [0.1, 0.15) is 30.4 Å². The third-order valence-corrected chi connectivity index (χ3v) is 5.82. The van der Waals surface area contributed by atoms with Gasteiger partial charge in [-0.1, -0.05) is 42.5 Å². The first-order valence-electron chi connectivity index (χ1n) is 9.77. The number of hydrogen-bond acceptors (Lipinski definition) is 4. The van der Waals surface area contributed by atoms with Crippen molar-refractivity contribution in [3.05, 3.63) is 65.7 Å². The van der Waals surface area contributed by atoms with Crippen molar-refractivity contribution >= 4 is 11.7 Å². The van der Waals surface area contributed by atoms with Gasteiger partial charge in [-0.3, -0.25) is 0 Å². The minimum atomic E-state index is -5.97. The van der Waals surface area contributed by atoms with Crippen molar-refractivity contribution in [1.29, 1.82) is 0 Å². The fraction of sp³-hybridized carbons (Fsp3) is 0.409. The van der Waals surface area contributed by atoms with Crippen molar-refractivity contribution in [1.82, 2.24) is 0 Å². The van der Waals surface area contributed by atoms with Crippen LogP contribution in [0.2, 0.25) is 0 Å². The highest BCUT2D eigenvalue weighted by atomic mass is 19.4. The van der Waals surface area contributed by atoms with Crippen LogP contribution in [-0.2, 0) is 20.7 Å². The topological polar surface area (TPSA) is 49.8 Å². The molecule has 32 heavy (non-hydrogen) atoms. The molecule has 1 aliphatic heterocycles. The van der Waals surface area contributed by atoms with Crippen LogP contribution in [-0.4, -0.2) is 37.1 Å². The summed E-state index contributed by atoms with van der Waals surface area (Å²) in [7, 11) is 1.22. The number of esters is 1. The lowest BCUT2D eigenvalue weighted by Crippen LogP contribution is -2.56. The van der Waals surface area contributed by atoms with Gasteiger partial charge in [0.1, 0.15) is 0 Å². The molecule has 1 unspecified atom stereocenters. The summed E-state index contributed by atoms with van der Waals surface area (Å²) >= 11 is 0. The van der Waals surface area contributed by atoms with Gasteiger partial charge < -0.3 is 14.7 Å². The van der Waals surface area contributed by atoms with Crippen LogP contribution in [0.15, 0.2) is 54.6 Å². The molecule has 1 heterocycles. The number of anilines is 1. The van der Waals surface area contributed by atoms with Crippen molar-refractivity contribution < 1.29 is 41.0 Å². The van der Waals surface area contributed by atoms with Crippen molar-refractivity contribution in [3.8, 4) is 0 Å². The van der Waals surface area contributed by atoms with Gasteiger partial charge in [0, 0.05) is 17.8 Å². The van der Waals surface area contributed by atoms with Crippen molar-refractivity contribution in [3.63, 3.8) is 0 Å². The van der Waals surface area contributed by atoms with Crippen LogP contribution in [0.3, 0.4) is 0 Å². The third kappa shape index (κ3) is 3.70. The number of rotatable bonds is 4. The molecule has 0 aromatic heterocycles. The van der Waals surface area contributed by atoms with E-state index >= 15 is 0 Å². The minimum Gasteiger partial charge on any atom is -0.467 e. The lowest BCUT2D eigenvalue weighted by molar-refractivity contribution is -0.376. The zero-order valence-corrected chi connectivity index (χ0v) is 17.0. The molecule has 0 saturated carbocycles. The van der Waals surface area contributed by atoms with E-state index in [0.717, 1.165) is 12.1 Å². The largest absolute Gasteiger partial charge is 0.467 e. The molecule has 4 nitrogen and oxygen atoms in total. The van der Waals surface area contributed by atoms with Gasteiger partial charge in [-0.05, 0) is 37.0 Å². The van der Waals surface area contributed by atoms with Crippen LogP contribution in [0, 0.1) is 0 Å². The molecule has 0 spiro atoms. The lowest BCUT2D eigenvalue weighted by atomic mass is 9.79. The summed E-state index contributed by atoms with van der Waals surface area (Å²) in [5, 5.41) is 9.63. The Balaban J connectivity index is 2.11. The van der Waals surface area contributed by atoms with Crippen LogP contribution >= 0.6 is 0 Å². The smallest absolute Gasteiger partial charge is 0.430 e. The summed E-state index contributed by atoms with van der Waals surface area (Å²) in [6.45, 7) is 0.326. The standard InChI is InChI=1S/C22H21F6NO3/c1-32-18(30)19(15-7-3-2-4-8-15)13-5-6-14-29(19)17-11-9-16(10-12-17)20(31,21(23,24)25)22(26,27)28/h2-4,7-12,31H,5-6,13-14H2,1H3. The number of carbonyl (C=O) groups is 1. The fourth-order valence-corrected chi connectivity index (χ4v) is 4.21. The Morgan fingerprint density at radius 1 is 0.938 bits per heavy atom. The second-order valence-corrected chi connectivity index (χ2v) is 7.58. The van der Waals surface area contributed by atoms with Gasteiger partial charge in [0.25, 0.3) is 5.60 Å². The Morgan fingerprint density at radius 2 is 1.50 bits per heavy atom. The third-order valence-electron chi connectivity index (χ3n) is 5.82. The van der Waals surface area contributed by atoms with Gasteiger partial charge >= 0.3 is 18.3 Å². The fourth-order valence-electron chi connectivity index (χ4n) is 4.21. The number of piperidine rings is 1. The molecule has 1 fully saturated rings. The number of benzene rings is 2. The quantitative estimate of drug-likeness (QED) is 0.511. The number of carbonyl (C=O) groups excluding carboxylic acids is 1. The average molecular weight is 461 g/mol. The van der Waals surface area contributed by atoms with E-state index < -0.39 is 35.0 Å². The molecule has 0 amide bonds. The number of methoxy groups -OCH3 is 1. The zero-order valence-electron chi connectivity index (χ0n) is 17.0. The summed E-state index contributed by atoms with van der Waals surface area (Å²) in [4.78, 5) is 14.6. The number of nitrogens with zero attached hydrogens (tertiary/aromatic N) is 1. The van der Waals surface area contributed by atoms with Gasteiger partial charge in [-0.15, -0.1) is 0 Å². The molecule has 0 bridgehead atoms. The Morgan fingerprint density at radius 3 is 2.00 bits per heavy atom. The van der Waals surface area contributed by atoms with Gasteiger partial charge in [-0.25, -0.2) is 4.79 Å². The van der Waals surface area contributed by atoms with Gasteiger partial charge in [-0.2, -0.15) is 26.3 Å². The molecular formula is C22H21F6NO3. The second kappa shape index (κ2) is 8.31. The van der Waals surface area contributed by atoms with E-state index in [0.29, 0.717) is 43.5 Å². The van der Waals surface area contributed by atoms with Crippen LogP contribution in [0.25, 0.3) is 0 Å². The maximum absolute atomic E-state index is 13.2. The maximum Gasteiger partial charge on any atom is 0.430 e. The molecule has 174 valence electrons. The highest BCUT2D eigenvalue weighted by Crippen LogP contribution is 2.50. The zero-order chi connectivity index (χ0) is 23.8. The Labute approximate surface area is 180 Å². The van der Waals surface area contributed by atoms with Gasteiger partial charge in [0.05, 0.1) is 7.11 Å². The summed E-state index contributed by atoms with van der Waals surface area (Å²) in [6, 6.07) is 11.9. The molecular weight excluding hydrogens is 440 g/mol. The summed E-state index contributed by atoms with van der Waals surface area (Å²) in [6.07, 6.45) is -10.3. The van der Waals surface area contributed by atoms with Crippen molar-refractivity contribution in [2.24, 2.45) is 0 Å². The normalized spacial score (nSPS) is 20.2. The Bertz CT molecular complexity index is 929. The first kappa shape index (κ1) is 23.9. The van der Waals surface area contributed by atoms with E-state index in [9.17, 15) is 36.2 Å². The second-order valence-electron chi connectivity index (χ2n) is 7.58. The van der Waals surface area contributed by atoms with E-state index in [2.05, 4.69) is 0 Å². The Kier molecular flexibility index (Phi) is 6.21. The monoisotopic (exact) mass is 461 g/mol. The minimum absolute atomic E-state index is 0.231. The van der Waals surface area contributed by atoms with E-state index in [1.165, 1.54) is 7.11 Å². The number of aliphatic hydroxyl groups is 1. The van der Waals surface area contributed by atoms with Gasteiger partial charge in [0.2, 0.25) is 0 Å². The highest BCUT2D eigenvalue weighted by molar-refractivity contribution is 5.87. The van der Waals surface area contributed by atoms with Crippen LogP contribution in [0.5, 0.6) is 0 Å². The molecule has 1 saturated heterocycles. The predicted octanol–water partition coefficient (Wildman–Crippen LogP) is 5.06. The molecule has 0 radical (unpaired) electrons. The molecule has 2 aromatic rings. The van der Waals surface area contributed by atoms with Gasteiger partial charge in [0.15, 0.2) is 5.54 Å². The number of ether oxygens (including phenoxy) is 1. The molecule has 10 heteroatoms. The molecule has 0 aliphatic carbocycles. The molecule has 1 atom stereocenters. The summed E-state index contributed by atoms with van der Waals surface area (Å²) < 4.78 is 84.2. The molecule has 1 aliphatic rings. The van der Waals surface area contributed by atoms with Crippen LogP contribution < -0.4 is 4.90 Å². The first-order valence-corrected chi connectivity index (χ1v) is 9.77. The number of halogens is 6. The summed E-state index contributed by atoms with van der Waals surface area (Å²) in [5.41, 5.74) is -6.84. The SMILES string of the molecule is COC(=O)C1(c2ccccc2)CCCCN1c1ccc(C(O)(C(F)(F)F)C(F)(F)F)cc1. The highest BCUT2D eigenvalue weighted by Gasteiger charge is 2.71. The lowest BCUT2D eigenvalue weighted by Gasteiger charge is -2.46. The van der Waals surface area contributed by atoms with E-state index in [1.807, 2.05) is 0 Å². The number of alkyl halides is 6. The molecule has 3 rings (SSSR count). The number of hydrogen-bond donors (Lipinski definition) is 1. The van der Waals surface area contributed by atoms with Crippen molar-refractivity contribution in [2.75, 3.05) is 18.6 Å². The molecule has 1 N–H and O–H groups in total. The Hall–Kier alpha value is -2.75. The summed E-state index contributed by atoms with van der Waals surface area (Å²) in [5.74, 6) is -0.588. The predicted molar refractivity (Wildman–Crippen MR) is 104 cm³/mol. The average Bonchev–Trinajstić information content (AvgIpc) is 2.77. The van der Waals surface area contributed by atoms with Crippen LogP contribution in [0.4, 0.5) is 32.0 Å². The van der Waals surface area contributed by atoms with E-state index in [4.69, 9.17) is 4.74 Å². The van der Waals surface area contributed by atoms with Crippen molar-refractivity contribution in [2.45, 2.75) is 42.8 Å². The molecule has 2 aromatic carbocycles. The first-order chi connectivity index (χ1) is 14.9. The maximum atomic E-state index is 13.2. The van der Waals surface area contributed by atoms with E-state index in [-0.39, 0.29) is 5.69 Å².